The minimum atomic E-state index is -0.929. The number of aromatic nitrogens is 7. The minimum absolute atomic E-state index is 0.0860. The first kappa shape index (κ1) is 30.3. The number of aryl methyl sites for hydroxylation is 2. The molecule has 0 spiro atoms. The maximum Gasteiger partial charge on any atom is 0.330 e. The molecule has 0 radical (unpaired) electrons. The van der Waals surface area contributed by atoms with Crippen LogP contribution in [0.4, 0.5) is 0 Å². The topological polar surface area (TPSA) is 220 Å². The zero-order chi connectivity index (χ0) is 30.7. The molecule has 2 fully saturated rings. The van der Waals surface area contributed by atoms with Crippen molar-refractivity contribution in [1.29, 1.82) is 0 Å². The summed E-state index contributed by atoms with van der Waals surface area (Å²) in [5.74, 6) is 5.72. The molecule has 5 N–H and O–H groups in total. The zero-order valence-electron chi connectivity index (χ0n) is 23.4. The molecule has 3 aromatic rings. The minimum Gasteiger partial charge on any atom is -0.394 e. The van der Waals surface area contributed by atoms with E-state index in [2.05, 4.69) is 32.1 Å². The summed E-state index contributed by atoms with van der Waals surface area (Å²) in [5.41, 5.74) is -1.18. The number of hydrogen-bond acceptors (Lipinski definition) is 11. The van der Waals surface area contributed by atoms with Gasteiger partial charge in [-0.25, -0.2) is 14.3 Å². The third-order valence-electron chi connectivity index (χ3n) is 7.61. The smallest absolute Gasteiger partial charge is 0.330 e. The number of nitrogens with one attached hydrogen (secondary N) is 2. The van der Waals surface area contributed by atoms with Crippen molar-refractivity contribution < 1.29 is 24.8 Å². The number of H-pyrrole nitrogens is 2. The van der Waals surface area contributed by atoms with Crippen molar-refractivity contribution in [1.82, 2.24) is 34.1 Å². The summed E-state index contributed by atoms with van der Waals surface area (Å²) in [7, 11) is 0. The summed E-state index contributed by atoms with van der Waals surface area (Å²) < 4.78 is 15.5. The van der Waals surface area contributed by atoms with Crippen molar-refractivity contribution in [2.75, 3.05) is 13.2 Å². The largest absolute Gasteiger partial charge is 0.394 e. The zero-order valence-corrected chi connectivity index (χ0v) is 23.4. The van der Waals surface area contributed by atoms with Crippen LogP contribution in [-0.2, 0) is 15.9 Å². The Morgan fingerprint density at radius 2 is 1.60 bits per heavy atom. The first-order chi connectivity index (χ1) is 20.7. The van der Waals surface area contributed by atoms with Crippen LogP contribution in [0.2, 0.25) is 0 Å². The number of hydrogen-bond donors (Lipinski definition) is 5. The Kier molecular flexibility index (Phi) is 9.18. The van der Waals surface area contributed by atoms with Crippen LogP contribution in [0.15, 0.2) is 37.8 Å². The SMILES string of the molecule is Cc1cn([C@H]2C[C@H](n3cc(CCCCC#Cc4cn([C@H]5C[C@H](O)[C@@H](CO)O5)c(=O)[nH]c4=O)nn3)[C@@H](CO)O2)c(=O)[nH]c1=O. The molecule has 2 saturated heterocycles. The second-order valence-corrected chi connectivity index (χ2v) is 10.6. The van der Waals surface area contributed by atoms with Crippen molar-refractivity contribution in [3.63, 3.8) is 0 Å². The van der Waals surface area contributed by atoms with E-state index in [0.717, 1.165) is 16.7 Å². The van der Waals surface area contributed by atoms with Gasteiger partial charge < -0.3 is 24.8 Å². The lowest BCUT2D eigenvalue weighted by atomic mass is 10.1. The van der Waals surface area contributed by atoms with Crippen molar-refractivity contribution >= 4 is 0 Å². The Morgan fingerprint density at radius 1 is 0.930 bits per heavy atom. The fraction of sp³-hybridized carbons (Fsp3) is 0.556. The van der Waals surface area contributed by atoms with Crippen LogP contribution in [0.25, 0.3) is 0 Å². The van der Waals surface area contributed by atoms with Gasteiger partial charge in [-0.15, -0.1) is 5.10 Å². The number of nitrogens with zero attached hydrogens (tertiary/aromatic N) is 5. The standard InChI is InChI=1S/C27H33N7O9/c1-15-10-32(26(40)28-24(15)38)22-8-18(20(13-35)42-22)34-12-17(30-31-34)7-5-3-2-4-6-16-11-33(27(41)29-25(16)39)23-9-19(37)21(14-36)43-23/h10-12,18-23,35-37H,2-3,5,7-9,13-14H2,1H3,(H,28,38,40)(H,29,39,41)/t18-,19-,20+,21+,22+,23+/m0/s1. The Hall–Kier alpha value is -4.14. The molecule has 230 valence electrons. The van der Waals surface area contributed by atoms with Gasteiger partial charge in [-0.05, 0) is 26.2 Å². The first-order valence-electron chi connectivity index (χ1n) is 14.0. The van der Waals surface area contributed by atoms with E-state index >= 15 is 0 Å². The Balaban J connectivity index is 1.15. The lowest BCUT2D eigenvalue weighted by Crippen LogP contribution is -2.33. The van der Waals surface area contributed by atoms with E-state index in [0.29, 0.717) is 31.2 Å². The van der Waals surface area contributed by atoms with Crippen LogP contribution in [0, 0.1) is 18.8 Å². The molecule has 0 amide bonds. The molecule has 2 aliphatic heterocycles. The van der Waals surface area contributed by atoms with Crippen molar-refractivity contribution in [2.24, 2.45) is 0 Å². The van der Waals surface area contributed by atoms with E-state index in [-0.39, 0.29) is 24.6 Å². The molecule has 43 heavy (non-hydrogen) atoms. The maximum atomic E-state index is 12.3. The number of aliphatic hydroxyl groups is 3. The van der Waals surface area contributed by atoms with Gasteiger partial charge in [-0.2, -0.15) is 0 Å². The lowest BCUT2D eigenvalue weighted by molar-refractivity contribution is -0.0459. The molecule has 0 aliphatic carbocycles. The summed E-state index contributed by atoms with van der Waals surface area (Å²) in [5, 5.41) is 37.5. The van der Waals surface area contributed by atoms with Gasteiger partial charge in [-0.3, -0.25) is 28.7 Å². The van der Waals surface area contributed by atoms with E-state index in [1.165, 1.54) is 17.0 Å². The van der Waals surface area contributed by atoms with Gasteiger partial charge in [-0.1, -0.05) is 17.1 Å². The summed E-state index contributed by atoms with van der Waals surface area (Å²) >= 11 is 0. The average molecular weight is 600 g/mol. The number of unbranched alkanes of at least 4 members (excludes halogenated alkanes) is 2. The Bertz CT molecular complexity index is 1740. The highest BCUT2D eigenvalue weighted by atomic mass is 16.5. The molecule has 16 heteroatoms. The summed E-state index contributed by atoms with van der Waals surface area (Å²) in [6.07, 6.45) is 3.63. The normalized spacial score (nSPS) is 25.1. The number of rotatable bonds is 9. The molecule has 0 saturated carbocycles. The quantitative estimate of drug-likeness (QED) is 0.137. The van der Waals surface area contributed by atoms with Gasteiger partial charge in [0.15, 0.2) is 0 Å². The van der Waals surface area contributed by atoms with Crippen LogP contribution in [0.5, 0.6) is 0 Å². The van der Waals surface area contributed by atoms with E-state index < -0.39 is 59.9 Å². The van der Waals surface area contributed by atoms with Crippen molar-refractivity contribution in [3.8, 4) is 11.8 Å². The van der Waals surface area contributed by atoms with Gasteiger partial charge in [0.2, 0.25) is 0 Å². The maximum absolute atomic E-state index is 12.3. The van der Waals surface area contributed by atoms with E-state index in [1.807, 2.05) is 0 Å². The summed E-state index contributed by atoms with van der Waals surface area (Å²) in [6, 6.07) is -0.366. The highest BCUT2D eigenvalue weighted by Gasteiger charge is 2.38. The van der Waals surface area contributed by atoms with Gasteiger partial charge in [0.05, 0.1) is 31.1 Å². The van der Waals surface area contributed by atoms with Gasteiger partial charge in [0.1, 0.15) is 30.2 Å². The predicted molar refractivity (Wildman–Crippen MR) is 148 cm³/mol. The number of ether oxygens (including phenoxy) is 2. The molecule has 5 heterocycles. The lowest BCUT2D eigenvalue weighted by Gasteiger charge is -2.15. The second-order valence-electron chi connectivity index (χ2n) is 10.6. The van der Waals surface area contributed by atoms with Gasteiger partial charge in [0.25, 0.3) is 11.1 Å². The third-order valence-corrected chi connectivity index (χ3v) is 7.61. The summed E-state index contributed by atoms with van der Waals surface area (Å²) in [6.45, 7) is 0.913. The molecular formula is C27H33N7O9. The average Bonchev–Trinajstić information content (AvgIpc) is 3.71. The fourth-order valence-electron chi connectivity index (χ4n) is 5.23. The molecule has 0 unspecified atom stereocenters. The Labute approximate surface area is 243 Å². The van der Waals surface area contributed by atoms with Crippen LogP contribution < -0.4 is 22.5 Å². The van der Waals surface area contributed by atoms with Crippen LogP contribution in [0.3, 0.4) is 0 Å². The number of aliphatic hydroxyl groups excluding tert-OH is 3. The van der Waals surface area contributed by atoms with Crippen LogP contribution in [-0.4, -0.2) is 80.9 Å². The highest BCUT2D eigenvalue weighted by Crippen LogP contribution is 2.35. The molecule has 6 atom stereocenters. The van der Waals surface area contributed by atoms with E-state index in [9.17, 15) is 34.5 Å². The van der Waals surface area contributed by atoms with Gasteiger partial charge >= 0.3 is 11.4 Å². The van der Waals surface area contributed by atoms with Crippen LogP contribution >= 0.6 is 0 Å². The molecule has 5 rings (SSSR count). The van der Waals surface area contributed by atoms with Crippen molar-refractivity contribution in [2.45, 2.75) is 82.3 Å². The monoisotopic (exact) mass is 599 g/mol. The molecule has 16 nitrogen and oxygen atoms in total. The predicted octanol–water partition coefficient (Wildman–Crippen LogP) is -1.79. The molecule has 0 bridgehead atoms. The Morgan fingerprint density at radius 3 is 2.33 bits per heavy atom. The van der Waals surface area contributed by atoms with Crippen LogP contribution in [0.1, 0.15) is 67.4 Å². The summed E-state index contributed by atoms with van der Waals surface area (Å²) in [4.78, 5) is 52.9. The first-order valence-corrected chi connectivity index (χ1v) is 14.0. The number of aromatic amines is 2. The van der Waals surface area contributed by atoms with E-state index in [4.69, 9.17) is 9.47 Å². The molecule has 0 aromatic carbocycles. The fourth-order valence-corrected chi connectivity index (χ4v) is 5.23. The third kappa shape index (κ3) is 6.60. The molecule has 2 aliphatic rings. The van der Waals surface area contributed by atoms with E-state index in [1.54, 1.807) is 17.8 Å². The van der Waals surface area contributed by atoms with Crippen molar-refractivity contribution in [3.05, 3.63) is 77.1 Å². The molecule has 3 aromatic heterocycles. The van der Waals surface area contributed by atoms with Gasteiger partial charge in [0, 0.05) is 43.4 Å². The molecular weight excluding hydrogens is 566 g/mol. The second kappa shape index (κ2) is 13.0. The highest BCUT2D eigenvalue weighted by molar-refractivity contribution is 5.29.